The Hall–Kier alpha value is -1.33. The Balaban J connectivity index is 0.965. The monoisotopic (exact) mass is 574 g/mol. The average molecular weight is 575 g/mol. The zero-order chi connectivity index (χ0) is 28.5. The molecule has 0 aromatic heterocycles. The summed E-state index contributed by atoms with van der Waals surface area (Å²) in [5.41, 5.74) is 2.37. The number of methoxy groups -OCH3 is 1. The molecule has 6 bridgehead atoms. The predicted molar refractivity (Wildman–Crippen MR) is 147 cm³/mol. The Labute approximate surface area is 243 Å². The van der Waals surface area contributed by atoms with Crippen molar-refractivity contribution in [1.29, 1.82) is 0 Å². The summed E-state index contributed by atoms with van der Waals surface area (Å²) in [5.74, 6) is -0.513. The molecule has 0 amide bonds. The Bertz CT molecular complexity index is 1030. The van der Waals surface area contributed by atoms with Gasteiger partial charge in [0.25, 0.3) is 0 Å². The van der Waals surface area contributed by atoms with Crippen LogP contribution in [0.25, 0.3) is 0 Å². The van der Waals surface area contributed by atoms with E-state index in [1.165, 1.54) is 18.3 Å². The van der Waals surface area contributed by atoms with Gasteiger partial charge in [-0.1, -0.05) is 20.1 Å². The summed E-state index contributed by atoms with van der Waals surface area (Å²) in [4.78, 5) is 11.9. The highest BCUT2D eigenvalue weighted by Crippen LogP contribution is 2.54. The minimum absolute atomic E-state index is 0.0374. The van der Waals surface area contributed by atoms with Gasteiger partial charge in [-0.3, -0.25) is 4.79 Å². The van der Waals surface area contributed by atoms with Crippen LogP contribution in [0.5, 0.6) is 0 Å². The van der Waals surface area contributed by atoms with Crippen molar-refractivity contribution < 1.29 is 42.7 Å². The van der Waals surface area contributed by atoms with Crippen molar-refractivity contribution >= 4 is 5.97 Å². The first-order valence-electron chi connectivity index (χ1n) is 15.8. The maximum Gasteiger partial charge on any atom is 0.308 e. The van der Waals surface area contributed by atoms with E-state index in [1.54, 1.807) is 0 Å². The van der Waals surface area contributed by atoms with Crippen LogP contribution in [0, 0.1) is 5.92 Å². The quantitative estimate of drug-likeness (QED) is 0.313. The molecule has 228 valence electrons. The minimum atomic E-state index is -0.742. The number of carbonyl (C=O) groups excluding carboxylic acids is 1. The lowest BCUT2D eigenvalue weighted by molar-refractivity contribution is -0.293. The largest absolute Gasteiger partial charge is 0.469 e. The summed E-state index contributed by atoms with van der Waals surface area (Å²) in [5, 5.41) is 0. The molecule has 0 saturated carbocycles. The lowest BCUT2D eigenvalue weighted by Crippen LogP contribution is -2.61. The molecule has 10 unspecified atom stereocenters. The Morgan fingerprint density at radius 3 is 2.44 bits per heavy atom. The summed E-state index contributed by atoms with van der Waals surface area (Å²) < 4.78 is 50.6. The molecule has 0 aromatic rings. The van der Waals surface area contributed by atoms with Gasteiger partial charge in [-0.05, 0) is 68.9 Å². The summed E-state index contributed by atoms with van der Waals surface area (Å²) in [6.45, 7) is 12.9. The standard InChI is InChI=1S/C32H46O9/c1-16-12-20(35-19(4)18(16)3)6-8-23-17(2)13-22(36-23)10-11-32-15-25-28(40-32)29-30(39-25)31(41-32)27-24(38-29)9-7-21(37-27)14-26(33)34-5/h16,19-25,27-31H,2-3,6-15H2,1,4-5H3/t16?,19?,20?,21?,22-,23?,24?,25?,27-,28?,29?,30+,31?,32-/m0/s1. The number of hydrogen-bond donors (Lipinski definition) is 0. The van der Waals surface area contributed by atoms with Crippen LogP contribution in [-0.4, -0.2) is 92.1 Å². The van der Waals surface area contributed by atoms with Gasteiger partial charge in [-0.2, -0.15) is 0 Å². The fraction of sp³-hybridized carbons (Fsp3) is 0.844. The molecule has 0 aromatic carbocycles. The third-order valence-corrected chi connectivity index (χ3v) is 10.7. The van der Waals surface area contributed by atoms with Gasteiger partial charge >= 0.3 is 5.97 Å². The Kier molecular flexibility index (Phi) is 7.62. The molecule has 0 spiro atoms. The van der Waals surface area contributed by atoms with E-state index in [0.717, 1.165) is 51.4 Å². The van der Waals surface area contributed by atoms with Gasteiger partial charge < -0.3 is 37.9 Å². The number of carbonyl (C=O) groups is 1. The number of rotatable bonds is 8. The van der Waals surface area contributed by atoms with Crippen LogP contribution < -0.4 is 0 Å². The highest BCUT2D eigenvalue weighted by atomic mass is 16.8. The Morgan fingerprint density at radius 1 is 0.854 bits per heavy atom. The van der Waals surface area contributed by atoms with Gasteiger partial charge in [0.1, 0.15) is 30.5 Å². The highest BCUT2D eigenvalue weighted by Gasteiger charge is 2.68. The second-order valence-corrected chi connectivity index (χ2v) is 13.5. The summed E-state index contributed by atoms with van der Waals surface area (Å²) in [7, 11) is 1.41. The zero-order valence-electron chi connectivity index (χ0n) is 24.7. The molecule has 9 nitrogen and oxygen atoms in total. The van der Waals surface area contributed by atoms with Gasteiger partial charge in [0.15, 0.2) is 5.79 Å². The van der Waals surface area contributed by atoms with E-state index in [1.807, 2.05) is 0 Å². The van der Waals surface area contributed by atoms with Crippen LogP contribution in [0.3, 0.4) is 0 Å². The van der Waals surface area contributed by atoms with Crippen molar-refractivity contribution in [3.63, 3.8) is 0 Å². The van der Waals surface area contributed by atoms with Gasteiger partial charge in [0.2, 0.25) is 0 Å². The molecule has 9 heteroatoms. The van der Waals surface area contributed by atoms with Crippen molar-refractivity contribution in [2.45, 2.75) is 157 Å². The molecule has 8 heterocycles. The Morgan fingerprint density at radius 2 is 1.63 bits per heavy atom. The first-order chi connectivity index (χ1) is 19.7. The van der Waals surface area contributed by atoms with Gasteiger partial charge in [-0.25, -0.2) is 0 Å². The fourth-order valence-corrected chi connectivity index (χ4v) is 8.42. The van der Waals surface area contributed by atoms with E-state index < -0.39 is 5.79 Å². The van der Waals surface area contributed by atoms with Crippen molar-refractivity contribution in [2.24, 2.45) is 5.92 Å². The smallest absolute Gasteiger partial charge is 0.308 e. The van der Waals surface area contributed by atoms with Crippen molar-refractivity contribution in [3.05, 3.63) is 24.3 Å². The van der Waals surface area contributed by atoms with E-state index >= 15 is 0 Å². The van der Waals surface area contributed by atoms with Crippen LogP contribution in [0.1, 0.15) is 78.1 Å². The lowest BCUT2D eigenvalue weighted by Gasteiger charge is -2.47. The van der Waals surface area contributed by atoms with Crippen molar-refractivity contribution in [3.8, 4) is 0 Å². The van der Waals surface area contributed by atoms with Gasteiger partial charge in [0.05, 0.1) is 56.3 Å². The van der Waals surface area contributed by atoms with E-state index in [2.05, 4.69) is 27.0 Å². The van der Waals surface area contributed by atoms with Gasteiger partial charge in [0, 0.05) is 12.8 Å². The van der Waals surface area contributed by atoms with Crippen LogP contribution in [-0.2, 0) is 42.7 Å². The molecule has 8 saturated heterocycles. The molecule has 0 N–H and O–H groups in total. The van der Waals surface area contributed by atoms with Crippen molar-refractivity contribution in [2.75, 3.05) is 7.11 Å². The maximum absolute atomic E-state index is 11.9. The third-order valence-electron chi connectivity index (χ3n) is 10.7. The van der Waals surface area contributed by atoms with E-state index in [4.69, 9.17) is 37.9 Å². The van der Waals surface area contributed by atoms with Crippen molar-refractivity contribution in [1.82, 2.24) is 0 Å². The lowest BCUT2D eigenvalue weighted by atomic mass is 9.87. The molecule has 8 rings (SSSR count). The summed E-state index contributed by atoms with van der Waals surface area (Å²) >= 11 is 0. The van der Waals surface area contributed by atoms with Crippen LogP contribution >= 0.6 is 0 Å². The zero-order valence-corrected chi connectivity index (χ0v) is 24.7. The molecule has 8 aliphatic rings. The summed E-state index contributed by atoms with van der Waals surface area (Å²) in [6, 6.07) is 0. The normalized spacial score (nSPS) is 50.2. The van der Waals surface area contributed by atoms with Crippen LogP contribution in [0.2, 0.25) is 0 Å². The first kappa shape index (κ1) is 28.4. The molecule has 0 aliphatic carbocycles. The minimum Gasteiger partial charge on any atom is -0.469 e. The molecular weight excluding hydrogens is 528 g/mol. The molecular formula is C32H46O9. The average Bonchev–Trinajstić information content (AvgIpc) is 3.53. The highest BCUT2D eigenvalue weighted by molar-refractivity contribution is 5.69. The molecule has 0 radical (unpaired) electrons. The number of ether oxygens (including phenoxy) is 8. The van der Waals surface area contributed by atoms with E-state index in [0.29, 0.717) is 12.3 Å². The second kappa shape index (κ2) is 11.0. The third kappa shape index (κ3) is 5.23. The summed E-state index contributed by atoms with van der Waals surface area (Å²) in [6.07, 6.45) is 6.93. The van der Waals surface area contributed by atoms with Crippen LogP contribution in [0.15, 0.2) is 24.3 Å². The first-order valence-corrected chi connectivity index (χ1v) is 15.8. The van der Waals surface area contributed by atoms with Crippen LogP contribution in [0.4, 0.5) is 0 Å². The van der Waals surface area contributed by atoms with E-state index in [-0.39, 0.29) is 85.6 Å². The number of hydrogen-bond acceptors (Lipinski definition) is 9. The predicted octanol–water partition coefficient (Wildman–Crippen LogP) is 4.16. The van der Waals surface area contributed by atoms with Gasteiger partial charge in [-0.15, -0.1) is 0 Å². The molecule has 14 atom stereocenters. The molecule has 8 fully saturated rings. The van der Waals surface area contributed by atoms with E-state index in [9.17, 15) is 4.79 Å². The second-order valence-electron chi connectivity index (χ2n) is 13.5. The fourth-order valence-electron chi connectivity index (χ4n) is 8.42. The number of fused-ring (bicyclic) bond motifs is 1. The maximum atomic E-state index is 11.9. The number of esters is 1. The topological polar surface area (TPSA) is 90.9 Å². The molecule has 8 aliphatic heterocycles. The molecule has 41 heavy (non-hydrogen) atoms. The SMILES string of the molecule is C=C1C(C)CC(CCC2O[C@@H](CC[C@@]34CC5O[C@@H]6C(OC7CCC(CC(=O)OC)O[C@@H]7C6O3)C5O4)CC2=C)OC1C.